The fourth-order valence-electron chi connectivity index (χ4n) is 4.82. The molecule has 1 saturated heterocycles. The van der Waals surface area contributed by atoms with Gasteiger partial charge >= 0.3 is 0 Å². The van der Waals surface area contributed by atoms with E-state index in [-0.39, 0.29) is 0 Å². The molecule has 3 heterocycles. The molecule has 7 heteroatoms. The monoisotopic (exact) mass is 410 g/mol. The first kappa shape index (κ1) is 19.8. The fourth-order valence-corrected chi connectivity index (χ4v) is 4.82. The number of hydrazine groups is 1. The molecule has 4 aliphatic rings. The number of nitrogens with one attached hydrogen (secondary N) is 2. The fraction of sp³-hybridized carbons (Fsp3) is 0.652. The first-order valence-electron chi connectivity index (χ1n) is 11.6. The van der Waals surface area contributed by atoms with Gasteiger partial charge in [0.05, 0.1) is 18.3 Å². The third kappa shape index (κ3) is 4.62. The van der Waals surface area contributed by atoms with Gasteiger partial charge in [0.25, 0.3) is 0 Å². The molecule has 30 heavy (non-hydrogen) atoms. The molecule has 1 unspecified atom stereocenters. The molecule has 7 nitrogen and oxygen atoms in total. The summed E-state index contributed by atoms with van der Waals surface area (Å²) in [5, 5.41) is 5.90. The van der Waals surface area contributed by atoms with Gasteiger partial charge in [0.15, 0.2) is 0 Å². The lowest BCUT2D eigenvalue weighted by Gasteiger charge is -2.39. The van der Waals surface area contributed by atoms with Crippen molar-refractivity contribution in [3.63, 3.8) is 0 Å². The Morgan fingerprint density at radius 1 is 1.17 bits per heavy atom. The van der Waals surface area contributed by atoms with Gasteiger partial charge in [0, 0.05) is 42.4 Å². The Bertz CT molecular complexity index is 791. The van der Waals surface area contributed by atoms with Crippen LogP contribution in [0.25, 0.3) is 5.57 Å². The van der Waals surface area contributed by atoms with Gasteiger partial charge in [0.2, 0.25) is 5.95 Å². The summed E-state index contributed by atoms with van der Waals surface area (Å²) in [6, 6.07) is 3.17. The first-order valence-corrected chi connectivity index (χ1v) is 11.6. The summed E-state index contributed by atoms with van der Waals surface area (Å²) in [7, 11) is 0. The van der Waals surface area contributed by atoms with E-state index in [1.807, 2.05) is 18.5 Å². The number of ether oxygens (including phenoxy) is 1. The predicted octanol–water partition coefficient (Wildman–Crippen LogP) is 3.18. The van der Waals surface area contributed by atoms with Crippen LogP contribution in [-0.2, 0) is 4.74 Å². The Morgan fingerprint density at radius 2 is 2.03 bits per heavy atom. The van der Waals surface area contributed by atoms with Crippen molar-refractivity contribution in [2.24, 2.45) is 11.7 Å². The van der Waals surface area contributed by atoms with E-state index in [1.54, 1.807) is 0 Å². The molecule has 0 amide bonds. The maximum Gasteiger partial charge on any atom is 0.223 e. The maximum absolute atomic E-state index is 6.05. The molecule has 4 N–H and O–H groups in total. The van der Waals surface area contributed by atoms with E-state index in [0.29, 0.717) is 18.1 Å². The van der Waals surface area contributed by atoms with Gasteiger partial charge in [-0.15, -0.1) is 0 Å². The SMILES string of the molecule is N[C@H]1CC[C@H](Nc2nccc(C3=C(CC4CC4)N(C4CCCOC4)NC=C3)n2)CC1. The molecule has 2 aliphatic carbocycles. The van der Waals surface area contributed by atoms with Crippen LogP contribution in [0, 0.1) is 5.92 Å². The zero-order valence-electron chi connectivity index (χ0n) is 17.7. The lowest BCUT2D eigenvalue weighted by atomic mass is 9.92. The van der Waals surface area contributed by atoms with Crippen LogP contribution in [0.5, 0.6) is 0 Å². The van der Waals surface area contributed by atoms with Crippen LogP contribution in [0.1, 0.15) is 63.5 Å². The second kappa shape index (κ2) is 8.94. The molecule has 2 saturated carbocycles. The maximum atomic E-state index is 6.05. The lowest BCUT2D eigenvalue weighted by molar-refractivity contribution is 0.0167. The summed E-state index contributed by atoms with van der Waals surface area (Å²) in [5.74, 6) is 1.52. The van der Waals surface area contributed by atoms with Crippen molar-refractivity contribution in [3.05, 3.63) is 35.9 Å². The molecule has 0 spiro atoms. The molecular weight excluding hydrogens is 376 g/mol. The molecule has 1 atom stereocenters. The number of hydrogen-bond donors (Lipinski definition) is 3. The summed E-state index contributed by atoms with van der Waals surface area (Å²) in [6.07, 6.45) is 16.4. The normalized spacial score (nSPS) is 29.6. The van der Waals surface area contributed by atoms with Gasteiger partial charge in [-0.05, 0) is 75.8 Å². The zero-order chi connectivity index (χ0) is 20.3. The molecule has 1 aromatic heterocycles. The van der Waals surface area contributed by atoms with Gasteiger partial charge in [-0.25, -0.2) is 9.97 Å². The minimum absolute atomic E-state index is 0.347. The Balaban J connectivity index is 1.39. The van der Waals surface area contributed by atoms with E-state index in [9.17, 15) is 0 Å². The molecular formula is C23H34N6O. The zero-order valence-corrected chi connectivity index (χ0v) is 17.7. The second-order valence-corrected chi connectivity index (χ2v) is 9.23. The van der Waals surface area contributed by atoms with Crippen molar-refractivity contribution >= 4 is 11.5 Å². The Labute approximate surface area is 179 Å². The molecule has 2 aliphatic heterocycles. The number of allylic oxidation sites excluding steroid dienone is 3. The summed E-state index contributed by atoms with van der Waals surface area (Å²) in [5.41, 5.74) is 13.1. The van der Waals surface area contributed by atoms with Crippen LogP contribution in [0.15, 0.2) is 30.2 Å². The van der Waals surface area contributed by atoms with Crippen LogP contribution < -0.4 is 16.5 Å². The summed E-state index contributed by atoms with van der Waals surface area (Å²) in [4.78, 5) is 9.42. The van der Waals surface area contributed by atoms with E-state index in [0.717, 1.165) is 75.7 Å². The number of aromatic nitrogens is 2. The van der Waals surface area contributed by atoms with E-state index in [4.69, 9.17) is 15.5 Å². The summed E-state index contributed by atoms with van der Waals surface area (Å²) in [6.45, 7) is 1.66. The van der Waals surface area contributed by atoms with Gasteiger partial charge in [-0.3, -0.25) is 5.01 Å². The van der Waals surface area contributed by atoms with E-state index < -0.39 is 0 Å². The first-order chi connectivity index (χ1) is 14.8. The Hall–Kier alpha value is -2.12. The minimum atomic E-state index is 0.347. The molecule has 162 valence electrons. The van der Waals surface area contributed by atoms with Crippen LogP contribution in [0.4, 0.5) is 5.95 Å². The summed E-state index contributed by atoms with van der Waals surface area (Å²) < 4.78 is 5.78. The number of nitrogens with two attached hydrogens (primary N) is 1. The minimum Gasteiger partial charge on any atom is -0.379 e. The highest BCUT2D eigenvalue weighted by Crippen LogP contribution is 2.40. The standard InChI is InChI=1S/C23H34N6O/c24-17-5-7-18(8-6-17)27-23-25-11-10-21(28-23)20-9-12-26-29(19-2-1-13-30-15-19)22(20)14-16-3-4-16/h9-12,16-19,26H,1-8,13-15,24H2,(H,25,27,28)/t17-,18-,19?. The molecule has 0 aromatic carbocycles. The van der Waals surface area contributed by atoms with Crippen molar-refractivity contribution in [3.8, 4) is 0 Å². The van der Waals surface area contributed by atoms with Gasteiger partial charge in [-0.1, -0.05) is 0 Å². The third-order valence-electron chi connectivity index (χ3n) is 6.78. The predicted molar refractivity (Wildman–Crippen MR) is 118 cm³/mol. The highest BCUT2D eigenvalue weighted by atomic mass is 16.5. The van der Waals surface area contributed by atoms with Crippen molar-refractivity contribution in [1.29, 1.82) is 0 Å². The smallest absolute Gasteiger partial charge is 0.223 e. The highest BCUT2D eigenvalue weighted by molar-refractivity contribution is 5.75. The van der Waals surface area contributed by atoms with Crippen molar-refractivity contribution in [2.75, 3.05) is 18.5 Å². The average Bonchev–Trinajstić information content (AvgIpc) is 3.60. The molecule has 0 bridgehead atoms. The van der Waals surface area contributed by atoms with Gasteiger partial charge < -0.3 is 21.2 Å². The topological polar surface area (TPSA) is 88.3 Å². The summed E-state index contributed by atoms with van der Waals surface area (Å²) >= 11 is 0. The number of nitrogens with zero attached hydrogens (tertiary/aromatic N) is 3. The van der Waals surface area contributed by atoms with Crippen LogP contribution in [-0.4, -0.2) is 46.3 Å². The Morgan fingerprint density at radius 3 is 2.80 bits per heavy atom. The van der Waals surface area contributed by atoms with E-state index in [1.165, 1.54) is 24.1 Å². The van der Waals surface area contributed by atoms with Crippen molar-refractivity contribution in [1.82, 2.24) is 20.4 Å². The number of rotatable bonds is 6. The van der Waals surface area contributed by atoms with Gasteiger partial charge in [-0.2, -0.15) is 0 Å². The molecule has 5 rings (SSSR count). The van der Waals surface area contributed by atoms with E-state index in [2.05, 4.69) is 26.8 Å². The highest BCUT2D eigenvalue weighted by Gasteiger charge is 2.32. The van der Waals surface area contributed by atoms with Crippen LogP contribution >= 0.6 is 0 Å². The quantitative estimate of drug-likeness (QED) is 0.664. The molecule has 3 fully saturated rings. The lowest BCUT2D eigenvalue weighted by Crippen LogP contribution is -2.48. The number of hydrogen-bond acceptors (Lipinski definition) is 7. The van der Waals surface area contributed by atoms with Crippen molar-refractivity contribution < 1.29 is 4.74 Å². The van der Waals surface area contributed by atoms with Crippen LogP contribution in [0.3, 0.4) is 0 Å². The van der Waals surface area contributed by atoms with Crippen molar-refractivity contribution in [2.45, 2.75) is 75.9 Å². The second-order valence-electron chi connectivity index (χ2n) is 9.23. The third-order valence-corrected chi connectivity index (χ3v) is 6.78. The van der Waals surface area contributed by atoms with Crippen LogP contribution in [0.2, 0.25) is 0 Å². The molecule has 1 aromatic rings. The Kier molecular flexibility index (Phi) is 5.91. The average molecular weight is 411 g/mol. The number of anilines is 1. The van der Waals surface area contributed by atoms with Gasteiger partial charge in [0.1, 0.15) is 0 Å². The largest absolute Gasteiger partial charge is 0.379 e. The van der Waals surface area contributed by atoms with E-state index >= 15 is 0 Å². The molecule has 0 radical (unpaired) electrons.